The first-order valence-corrected chi connectivity index (χ1v) is 9.26. The predicted molar refractivity (Wildman–Crippen MR) is 117 cm³/mol. The SMILES string of the molecule is Cc1cccc(C)c1NC(=O)c1cncc(C(=O)Nc2ccc(N(C)C)cc2)c1. The minimum Gasteiger partial charge on any atom is -0.378 e. The third kappa shape index (κ3) is 4.79. The van der Waals surface area contributed by atoms with Gasteiger partial charge in [-0.05, 0) is 55.3 Å². The van der Waals surface area contributed by atoms with Crippen LogP contribution in [0, 0.1) is 13.8 Å². The van der Waals surface area contributed by atoms with Crippen molar-refractivity contribution in [2.75, 3.05) is 29.6 Å². The van der Waals surface area contributed by atoms with E-state index in [0.717, 1.165) is 22.5 Å². The summed E-state index contributed by atoms with van der Waals surface area (Å²) in [7, 11) is 3.91. The van der Waals surface area contributed by atoms with Gasteiger partial charge in [0.25, 0.3) is 11.8 Å². The lowest BCUT2D eigenvalue weighted by atomic mass is 10.1. The highest BCUT2D eigenvalue weighted by atomic mass is 16.2. The molecule has 0 bridgehead atoms. The van der Waals surface area contributed by atoms with Gasteiger partial charge < -0.3 is 15.5 Å². The summed E-state index contributed by atoms with van der Waals surface area (Å²) >= 11 is 0. The van der Waals surface area contributed by atoms with Gasteiger partial charge in [0, 0.05) is 43.6 Å². The molecule has 1 heterocycles. The van der Waals surface area contributed by atoms with Crippen LogP contribution in [0.4, 0.5) is 17.1 Å². The molecule has 1 aromatic heterocycles. The molecule has 3 rings (SSSR count). The topological polar surface area (TPSA) is 74.3 Å². The van der Waals surface area contributed by atoms with Crippen molar-refractivity contribution >= 4 is 28.9 Å². The molecular weight excluding hydrogens is 364 g/mol. The Morgan fingerprint density at radius 1 is 0.828 bits per heavy atom. The van der Waals surface area contributed by atoms with Crippen molar-refractivity contribution in [3.05, 3.63) is 83.2 Å². The van der Waals surface area contributed by atoms with Crippen LogP contribution in [0.15, 0.2) is 60.9 Å². The molecule has 0 fully saturated rings. The van der Waals surface area contributed by atoms with Gasteiger partial charge >= 0.3 is 0 Å². The van der Waals surface area contributed by atoms with E-state index in [2.05, 4.69) is 15.6 Å². The van der Waals surface area contributed by atoms with Gasteiger partial charge in [0.2, 0.25) is 0 Å². The fourth-order valence-corrected chi connectivity index (χ4v) is 2.93. The van der Waals surface area contributed by atoms with Crippen molar-refractivity contribution in [2.24, 2.45) is 0 Å². The zero-order chi connectivity index (χ0) is 21.0. The molecule has 148 valence electrons. The first kappa shape index (κ1) is 20.1. The van der Waals surface area contributed by atoms with Crippen LogP contribution in [0.5, 0.6) is 0 Å². The summed E-state index contributed by atoms with van der Waals surface area (Å²) in [6, 6.07) is 14.9. The summed E-state index contributed by atoms with van der Waals surface area (Å²) in [6.07, 6.45) is 2.89. The number of benzene rings is 2. The maximum absolute atomic E-state index is 12.7. The van der Waals surface area contributed by atoms with Crippen LogP contribution in [0.25, 0.3) is 0 Å². The molecule has 2 amide bonds. The zero-order valence-corrected chi connectivity index (χ0v) is 17.0. The van der Waals surface area contributed by atoms with Crippen molar-refractivity contribution in [1.29, 1.82) is 0 Å². The Balaban J connectivity index is 1.74. The summed E-state index contributed by atoms with van der Waals surface area (Å²) in [5.74, 6) is -0.628. The molecule has 3 aromatic rings. The van der Waals surface area contributed by atoms with Crippen molar-refractivity contribution < 1.29 is 9.59 Å². The predicted octanol–water partition coefficient (Wildman–Crippen LogP) is 4.27. The Morgan fingerprint density at radius 3 is 1.93 bits per heavy atom. The number of amides is 2. The zero-order valence-electron chi connectivity index (χ0n) is 17.0. The number of para-hydroxylation sites is 1. The summed E-state index contributed by atoms with van der Waals surface area (Å²) in [5.41, 5.74) is 5.07. The summed E-state index contributed by atoms with van der Waals surface area (Å²) in [6.45, 7) is 3.87. The summed E-state index contributed by atoms with van der Waals surface area (Å²) in [5, 5.41) is 5.74. The van der Waals surface area contributed by atoms with Crippen LogP contribution in [-0.4, -0.2) is 30.9 Å². The Morgan fingerprint density at radius 2 is 1.38 bits per heavy atom. The van der Waals surface area contributed by atoms with Gasteiger partial charge in [0.15, 0.2) is 0 Å². The van der Waals surface area contributed by atoms with Crippen molar-refractivity contribution in [1.82, 2.24) is 4.98 Å². The molecule has 2 N–H and O–H groups in total. The van der Waals surface area contributed by atoms with Crippen molar-refractivity contribution in [2.45, 2.75) is 13.8 Å². The second-order valence-corrected chi connectivity index (χ2v) is 7.08. The largest absolute Gasteiger partial charge is 0.378 e. The highest BCUT2D eigenvalue weighted by Gasteiger charge is 2.14. The van der Waals surface area contributed by atoms with Crippen LogP contribution in [0.2, 0.25) is 0 Å². The molecule has 0 saturated heterocycles. The number of hydrogen-bond acceptors (Lipinski definition) is 4. The van der Waals surface area contributed by atoms with Gasteiger partial charge in [-0.15, -0.1) is 0 Å². The molecule has 0 unspecified atom stereocenters. The standard InChI is InChI=1S/C23H24N4O2/c1-15-6-5-7-16(2)21(15)26-23(29)18-12-17(13-24-14-18)22(28)25-19-8-10-20(11-9-19)27(3)4/h5-14H,1-4H3,(H,25,28)(H,26,29). The molecule has 29 heavy (non-hydrogen) atoms. The third-order valence-corrected chi connectivity index (χ3v) is 4.62. The number of carbonyl (C=O) groups is 2. The van der Waals surface area contributed by atoms with Gasteiger partial charge in [-0.1, -0.05) is 18.2 Å². The van der Waals surface area contributed by atoms with E-state index in [1.165, 1.54) is 12.4 Å². The monoisotopic (exact) mass is 388 g/mol. The van der Waals surface area contributed by atoms with Gasteiger partial charge in [-0.2, -0.15) is 0 Å². The maximum atomic E-state index is 12.7. The highest BCUT2D eigenvalue weighted by molar-refractivity contribution is 6.08. The van der Waals surface area contributed by atoms with E-state index >= 15 is 0 Å². The molecule has 6 nitrogen and oxygen atoms in total. The number of carbonyl (C=O) groups excluding carboxylic acids is 2. The van der Waals surface area contributed by atoms with Gasteiger partial charge in [-0.25, -0.2) is 0 Å². The Hall–Kier alpha value is -3.67. The molecule has 2 aromatic carbocycles. The van der Waals surface area contributed by atoms with Crippen LogP contribution in [0.3, 0.4) is 0 Å². The van der Waals surface area contributed by atoms with Crippen LogP contribution >= 0.6 is 0 Å². The molecule has 0 radical (unpaired) electrons. The first-order valence-electron chi connectivity index (χ1n) is 9.26. The van der Waals surface area contributed by atoms with E-state index < -0.39 is 0 Å². The van der Waals surface area contributed by atoms with E-state index in [0.29, 0.717) is 16.8 Å². The Kier molecular flexibility index (Phi) is 5.93. The quantitative estimate of drug-likeness (QED) is 0.685. The number of hydrogen-bond donors (Lipinski definition) is 2. The number of nitrogens with one attached hydrogen (secondary N) is 2. The average molecular weight is 388 g/mol. The second kappa shape index (κ2) is 8.56. The van der Waals surface area contributed by atoms with E-state index in [4.69, 9.17) is 0 Å². The lowest BCUT2D eigenvalue weighted by Crippen LogP contribution is -2.17. The second-order valence-electron chi connectivity index (χ2n) is 7.08. The fraction of sp³-hybridized carbons (Fsp3) is 0.174. The van der Waals surface area contributed by atoms with Crippen LogP contribution < -0.4 is 15.5 Å². The third-order valence-electron chi connectivity index (χ3n) is 4.62. The normalized spacial score (nSPS) is 10.3. The van der Waals surface area contributed by atoms with Crippen LogP contribution in [-0.2, 0) is 0 Å². The van der Waals surface area contributed by atoms with Crippen LogP contribution in [0.1, 0.15) is 31.8 Å². The lowest BCUT2D eigenvalue weighted by molar-refractivity contribution is 0.102. The molecular formula is C23H24N4O2. The molecule has 0 atom stereocenters. The molecule has 0 aliphatic rings. The van der Waals surface area contributed by atoms with Gasteiger partial charge in [0.05, 0.1) is 11.1 Å². The minimum atomic E-state index is -0.322. The highest BCUT2D eigenvalue weighted by Crippen LogP contribution is 2.21. The lowest BCUT2D eigenvalue weighted by Gasteiger charge is -2.13. The molecule has 0 aliphatic heterocycles. The van der Waals surface area contributed by atoms with E-state index in [-0.39, 0.29) is 11.8 Å². The van der Waals surface area contributed by atoms with E-state index in [1.807, 2.05) is 75.3 Å². The van der Waals surface area contributed by atoms with E-state index in [1.54, 1.807) is 6.07 Å². The number of pyridine rings is 1. The molecule has 0 saturated carbocycles. The summed E-state index contributed by atoms with van der Waals surface area (Å²) in [4.78, 5) is 31.3. The number of nitrogens with zero attached hydrogens (tertiary/aromatic N) is 2. The molecule has 0 aliphatic carbocycles. The number of aryl methyl sites for hydroxylation is 2. The number of anilines is 3. The number of rotatable bonds is 5. The van der Waals surface area contributed by atoms with E-state index in [9.17, 15) is 9.59 Å². The molecule has 0 spiro atoms. The smallest absolute Gasteiger partial charge is 0.257 e. The Bertz CT molecular complexity index is 1020. The Labute approximate surface area is 170 Å². The van der Waals surface area contributed by atoms with Gasteiger partial charge in [0.1, 0.15) is 0 Å². The van der Waals surface area contributed by atoms with Crippen molar-refractivity contribution in [3.8, 4) is 0 Å². The van der Waals surface area contributed by atoms with Gasteiger partial charge in [-0.3, -0.25) is 14.6 Å². The maximum Gasteiger partial charge on any atom is 0.257 e. The fourth-order valence-electron chi connectivity index (χ4n) is 2.93. The minimum absolute atomic E-state index is 0.306. The first-order chi connectivity index (χ1) is 13.8. The summed E-state index contributed by atoms with van der Waals surface area (Å²) < 4.78 is 0. The van der Waals surface area contributed by atoms with Crippen molar-refractivity contribution in [3.63, 3.8) is 0 Å². The number of aromatic nitrogens is 1. The average Bonchev–Trinajstić information content (AvgIpc) is 2.71. The molecule has 6 heteroatoms.